The fraction of sp³-hybridized carbons (Fsp3) is 1.00. The first-order valence-electron chi connectivity index (χ1n) is 8.90. The van der Waals surface area contributed by atoms with E-state index in [2.05, 4.69) is 36.0 Å². The number of likely N-dealkylation sites (tertiary alicyclic amines) is 1. The Hall–Kier alpha value is -0.120. The van der Waals surface area contributed by atoms with E-state index in [-0.39, 0.29) is 0 Å². The van der Waals surface area contributed by atoms with Crippen LogP contribution in [-0.4, -0.2) is 61.7 Å². The van der Waals surface area contributed by atoms with E-state index in [0.717, 1.165) is 24.5 Å². The van der Waals surface area contributed by atoms with Crippen LogP contribution in [0, 0.1) is 5.92 Å². The Bertz CT molecular complexity index is 267. The highest BCUT2D eigenvalue weighted by Crippen LogP contribution is 2.26. The molecule has 3 atom stereocenters. The molecule has 2 aliphatic rings. The van der Waals surface area contributed by atoms with Crippen molar-refractivity contribution in [2.24, 2.45) is 5.92 Å². The molecule has 20 heavy (non-hydrogen) atoms. The highest BCUT2D eigenvalue weighted by Gasteiger charge is 2.28. The van der Waals surface area contributed by atoms with E-state index in [1.165, 1.54) is 64.7 Å². The van der Waals surface area contributed by atoms with Gasteiger partial charge in [0, 0.05) is 25.2 Å². The Labute approximate surface area is 126 Å². The highest BCUT2D eigenvalue weighted by atomic mass is 15.2. The SMILES string of the molecule is CCNC1CCCCC1CN(C)CC1CCCN1CC. The van der Waals surface area contributed by atoms with E-state index >= 15 is 0 Å². The first kappa shape index (κ1) is 16.3. The Kier molecular flexibility index (Phi) is 6.79. The van der Waals surface area contributed by atoms with Crippen LogP contribution < -0.4 is 5.32 Å². The minimum absolute atomic E-state index is 0.766. The highest BCUT2D eigenvalue weighted by molar-refractivity contribution is 4.85. The summed E-state index contributed by atoms with van der Waals surface area (Å²) in [5, 5.41) is 3.72. The van der Waals surface area contributed by atoms with E-state index in [1.54, 1.807) is 0 Å². The van der Waals surface area contributed by atoms with Crippen molar-refractivity contribution in [2.75, 3.05) is 39.8 Å². The summed E-state index contributed by atoms with van der Waals surface area (Å²) in [6, 6.07) is 1.58. The summed E-state index contributed by atoms with van der Waals surface area (Å²) in [7, 11) is 2.34. The fourth-order valence-corrected chi connectivity index (χ4v) is 4.31. The van der Waals surface area contributed by atoms with Gasteiger partial charge >= 0.3 is 0 Å². The number of hydrogen-bond acceptors (Lipinski definition) is 3. The van der Waals surface area contributed by atoms with Crippen molar-refractivity contribution in [2.45, 2.75) is 64.5 Å². The van der Waals surface area contributed by atoms with Crippen LogP contribution in [0.5, 0.6) is 0 Å². The molecule has 1 aliphatic heterocycles. The van der Waals surface area contributed by atoms with Crippen LogP contribution in [0.15, 0.2) is 0 Å². The third kappa shape index (κ3) is 4.44. The molecule has 2 fully saturated rings. The van der Waals surface area contributed by atoms with Gasteiger partial charge in [0.25, 0.3) is 0 Å². The molecule has 118 valence electrons. The monoisotopic (exact) mass is 281 g/mol. The summed E-state index contributed by atoms with van der Waals surface area (Å²) < 4.78 is 0. The van der Waals surface area contributed by atoms with Crippen LogP contribution in [0.3, 0.4) is 0 Å². The second-order valence-corrected chi connectivity index (χ2v) is 6.85. The maximum Gasteiger partial charge on any atom is 0.0223 e. The van der Waals surface area contributed by atoms with Gasteiger partial charge in [0.1, 0.15) is 0 Å². The normalized spacial score (nSPS) is 32.1. The standard InChI is InChI=1S/C17H35N3/c1-4-18-17-11-7-6-9-15(17)13-19(3)14-16-10-8-12-20(16)5-2/h15-18H,4-14H2,1-3H3. The van der Waals surface area contributed by atoms with E-state index in [0.29, 0.717) is 0 Å². The molecule has 3 unspecified atom stereocenters. The summed E-state index contributed by atoms with van der Waals surface area (Å²) in [6.07, 6.45) is 8.46. The molecule has 1 N–H and O–H groups in total. The molecule has 0 radical (unpaired) electrons. The van der Waals surface area contributed by atoms with Crippen LogP contribution in [0.2, 0.25) is 0 Å². The van der Waals surface area contributed by atoms with E-state index in [1.807, 2.05) is 0 Å². The summed E-state index contributed by atoms with van der Waals surface area (Å²) in [5.74, 6) is 0.866. The van der Waals surface area contributed by atoms with Crippen molar-refractivity contribution in [1.29, 1.82) is 0 Å². The number of nitrogens with one attached hydrogen (secondary N) is 1. The Balaban J connectivity index is 1.78. The van der Waals surface area contributed by atoms with E-state index < -0.39 is 0 Å². The minimum Gasteiger partial charge on any atom is -0.314 e. The molecule has 0 bridgehead atoms. The molecule has 0 amide bonds. The molecule has 2 rings (SSSR count). The van der Waals surface area contributed by atoms with E-state index in [4.69, 9.17) is 0 Å². The molecule has 3 nitrogen and oxygen atoms in total. The van der Waals surface area contributed by atoms with Gasteiger partial charge in [-0.25, -0.2) is 0 Å². The molecular weight excluding hydrogens is 246 g/mol. The van der Waals surface area contributed by atoms with Gasteiger partial charge in [-0.3, -0.25) is 4.90 Å². The molecule has 1 aliphatic carbocycles. The van der Waals surface area contributed by atoms with Gasteiger partial charge < -0.3 is 10.2 Å². The predicted molar refractivity (Wildman–Crippen MR) is 87.2 cm³/mol. The Morgan fingerprint density at radius 2 is 1.85 bits per heavy atom. The average Bonchev–Trinajstić information content (AvgIpc) is 2.88. The molecule has 0 aromatic heterocycles. The molecule has 0 aromatic carbocycles. The summed E-state index contributed by atoms with van der Waals surface area (Å²) in [4.78, 5) is 5.28. The maximum atomic E-state index is 3.72. The first-order valence-corrected chi connectivity index (χ1v) is 8.90. The van der Waals surface area contributed by atoms with Crippen LogP contribution in [0.4, 0.5) is 0 Å². The molecule has 1 saturated heterocycles. The topological polar surface area (TPSA) is 18.5 Å². The second kappa shape index (κ2) is 8.35. The van der Waals surface area contributed by atoms with E-state index in [9.17, 15) is 0 Å². The van der Waals surface area contributed by atoms with Crippen molar-refractivity contribution in [3.63, 3.8) is 0 Å². The lowest BCUT2D eigenvalue weighted by atomic mass is 9.84. The largest absolute Gasteiger partial charge is 0.314 e. The lowest BCUT2D eigenvalue weighted by Gasteiger charge is -2.36. The Morgan fingerprint density at radius 1 is 1.05 bits per heavy atom. The predicted octanol–water partition coefficient (Wildman–Crippen LogP) is 2.57. The van der Waals surface area contributed by atoms with Gasteiger partial charge in [-0.15, -0.1) is 0 Å². The van der Waals surface area contributed by atoms with Crippen molar-refractivity contribution >= 4 is 0 Å². The summed E-state index contributed by atoms with van der Waals surface area (Å²) >= 11 is 0. The molecule has 0 spiro atoms. The molecule has 0 aromatic rings. The number of likely N-dealkylation sites (N-methyl/N-ethyl adjacent to an activating group) is 2. The smallest absolute Gasteiger partial charge is 0.0223 e. The molecule has 3 heteroatoms. The summed E-state index contributed by atoms with van der Waals surface area (Å²) in [6.45, 7) is 10.8. The number of rotatable bonds is 7. The minimum atomic E-state index is 0.766. The number of nitrogens with zero attached hydrogens (tertiary/aromatic N) is 2. The van der Waals surface area contributed by atoms with Gasteiger partial charge in [-0.05, 0) is 58.3 Å². The third-order valence-electron chi connectivity index (χ3n) is 5.35. The van der Waals surface area contributed by atoms with Crippen molar-refractivity contribution in [3.05, 3.63) is 0 Å². The number of hydrogen-bond donors (Lipinski definition) is 1. The van der Waals surface area contributed by atoms with Gasteiger partial charge in [0.15, 0.2) is 0 Å². The zero-order valence-corrected chi connectivity index (χ0v) is 13.9. The third-order valence-corrected chi connectivity index (χ3v) is 5.35. The lowest BCUT2D eigenvalue weighted by molar-refractivity contribution is 0.152. The quantitative estimate of drug-likeness (QED) is 0.774. The van der Waals surface area contributed by atoms with Crippen LogP contribution in [-0.2, 0) is 0 Å². The Morgan fingerprint density at radius 3 is 2.60 bits per heavy atom. The first-order chi connectivity index (χ1) is 9.74. The lowest BCUT2D eigenvalue weighted by Crippen LogP contribution is -2.46. The van der Waals surface area contributed by atoms with Crippen molar-refractivity contribution in [3.8, 4) is 0 Å². The van der Waals surface area contributed by atoms with Crippen molar-refractivity contribution in [1.82, 2.24) is 15.1 Å². The fourth-order valence-electron chi connectivity index (χ4n) is 4.31. The van der Waals surface area contributed by atoms with Crippen LogP contribution in [0.25, 0.3) is 0 Å². The molecule has 1 saturated carbocycles. The van der Waals surface area contributed by atoms with Gasteiger partial charge in [-0.2, -0.15) is 0 Å². The zero-order chi connectivity index (χ0) is 14.4. The van der Waals surface area contributed by atoms with Crippen LogP contribution >= 0.6 is 0 Å². The van der Waals surface area contributed by atoms with Gasteiger partial charge in [0.05, 0.1) is 0 Å². The average molecular weight is 281 g/mol. The molecular formula is C17H35N3. The zero-order valence-electron chi connectivity index (χ0n) is 13.9. The van der Waals surface area contributed by atoms with Gasteiger partial charge in [0.2, 0.25) is 0 Å². The van der Waals surface area contributed by atoms with Crippen molar-refractivity contribution < 1.29 is 0 Å². The van der Waals surface area contributed by atoms with Gasteiger partial charge in [-0.1, -0.05) is 26.7 Å². The maximum absolute atomic E-state index is 3.72. The second-order valence-electron chi connectivity index (χ2n) is 6.85. The van der Waals surface area contributed by atoms with Crippen LogP contribution in [0.1, 0.15) is 52.4 Å². The summed E-state index contributed by atoms with van der Waals surface area (Å²) in [5.41, 5.74) is 0. The molecule has 1 heterocycles.